The summed E-state index contributed by atoms with van der Waals surface area (Å²) >= 11 is 0. The number of carbonyl (C=O) groups is 1. The van der Waals surface area contributed by atoms with Gasteiger partial charge in [0.25, 0.3) is 0 Å². The molecule has 3 saturated carbocycles. The van der Waals surface area contributed by atoms with Crippen molar-refractivity contribution in [3.63, 3.8) is 0 Å². The van der Waals surface area contributed by atoms with E-state index in [0.29, 0.717) is 29.6 Å². The maximum absolute atomic E-state index is 11.5. The standard InChI is InChI=1S/C26H38O4/c1-15(6-5-7-22(28)29-4)18-10-11-19-17-9-8-16-14-21(27)23-24(30-23)26(16,3)20(17)12-13-25(18,19)2/h8-9,15,18-21,23-24,27H,5-7,10-14H2,1-4H3/t15?,18-,19+,20+,21?,23?,24?,25-,26+/m1/s1. The minimum atomic E-state index is -0.320. The number of epoxide rings is 1. The third-order valence-electron chi connectivity index (χ3n) is 9.96. The van der Waals surface area contributed by atoms with Crippen LogP contribution in [0.25, 0.3) is 0 Å². The topological polar surface area (TPSA) is 59.1 Å². The number of rotatable bonds is 5. The number of carbonyl (C=O) groups excluding carboxylic acids is 1. The van der Waals surface area contributed by atoms with E-state index in [9.17, 15) is 9.90 Å². The quantitative estimate of drug-likeness (QED) is 0.518. The lowest BCUT2D eigenvalue weighted by Gasteiger charge is -2.54. The zero-order chi connectivity index (χ0) is 21.3. The fourth-order valence-electron chi connectivity index (χ4n) is 8.23. The summed E-state index contributed by atoms with van der Waals surface area (Å²) in [4.78, 5) is 11.5. The van der Waals surface area contributed by atoms with Crippen LogP contribution >= 0.6 is 0 Å². The van der Waals surface area contributed by atoms with Crippen molar-refractivity contribution in [2.75, 3.05) is 7.11 Å². The predicted octanol–water partition coefficient (Wildman–Crippen LogP) is 4.81. The lowest BCUT2D eigenvalue weighted by molar-refractivity contribution is -0.140. The molecule has 0 aromatic rings. The van der Waals surface area contributed by atoms with E-state index in [0.717, 1.165) is 25.2 Å². The Balaban J connectivity index is 1.34. The second-order valence-electron chi connectivity index (χ2n) is 11.2. The van der Waals surface area contributed by atoms with Crippen LogP contribution in [0.2, 0.25) is 0 Å². The second kappa shape index (κ2) is 7.20. The predicted molar refractivity (Wildman–Crippen MR) is 116 cm³/mol. The molecule has 0 bridgehead atoms. The first kappa shape index (κ1) is 20.8. The first-order valence-electron chi connectivity index (χ1n) is 12.1. The molecule has 4 unspecified atom stereocenters. The number of methoxy groups -OCH3 is 1. The molecule has 4 fully saturated rings. The van der Waals surface area contributed by atoms with Crippen LogP contribution in [-0.2, 0) is 14.3 Å². The number of hydrogen-bond acceptors (Lipinski definition) is 4. The molecule has 0 aromatic carbocycles. The summed E-state index contributed by atoms with van der Waals surface area (Å²) < 4.78 is 10.8. The molecule has 1 aliphatic heterocycles. The van der Waals surface area contributed by atoms with Crippen LogP contribution in [0.3, 0.4) is 0 Å². The molecule has 9 atom stereocenters. The highest BCUT2D eigenvalue weighted by atomic mass is 16.6. The summed E-state index contributed by atoms with van der Waals surface area (Å²) in [6.07, 6.45) is 13.2. The summed E-state index contributed by atoms with van der Waals surface area (Å²) in [7, 11) is 1.48. The van der Waals surface area contributed by atoms with Crippen molar-refractivity contribution in [3.8, 4) is 0 Å². The van der Waals surface area contributed by atoms with Crippen molar-refractivity contribution < 1.29 is 19.4 Å². The van der Waals surface area contributed by atoms with Crippen LogP contribution in [0.5, 0.6) is 0 Å². The Hall–Kier alpha value is -1.13. The number of allylic oxidation sites excluding steroid dienone is 3. The number of aliphatic hydroxyl groups is 1. The molecular formula is C26H38O4. The molecule has 5 aliphatic rings. The summed E-state index contributed by atoms with van der Waals surface area (Å²) in [5, 5.41) is 10.4. The minimum Gasteiger partial charge on any atom is -0.469 e. The highest BCUT2D eigenvalue weighted by Crippen LogP contribution is 2.68. The van der Waals surface area contributed by atoms with Crippen molar-refractivity contribution >= 4 is 5.97 Å². The van der Waals surface area contributed by atoms with Crippen LogP contribution in [0.1, 0.15) is 72.1 Å². The molecule has 0 spiro atoms. The van der Waals surface area contributed by atoms with Crippen LogP contribution in [0, 0.1) is 34.5 Å². The SMILES string of the molecule is COC(=O)CCCC(C)[C@H]1CC[C@H]2C3=CC=C4CC(O)C5OC5[C@]4(C)[C@H]3CC[C@]12C. The summed E-state index contributed by atoms with van der Waals surface area (Å²) in [6.45, 7) is 7.37. The molecule has 0 amide bonds. The van der Waals surface area contributed by atoms with Gasteiger partial charge in [-0.25, -0.2) is 0 Å². The molecule has 1 saturated heterocycles. The molecule has 1 heterocycles. The van der Waals surface area contributed by atoms with Crippen LogP contribution < -0.4 is 0 Å². The summed E-state index contributed by atoms with van der Waals surface area (Å²) in [5.41, 5.74) is 3.54. The number of ether oxygens (including phenoxy) is 2. The molecular weight excluding hydrogens is 376 g/mol. The van der Waals surface area contributed by atoms with E-state index < -0.39 is 0 Å². The zero-order valence-corrected chi connectivity index (χ0v) is 19.0. The van der Waals surface area contributed by atoms with E-state index >= 15 is 0 Å². The molecule has 30 heavy (non-hydrogen) atoms. The van der Waals surface area contributed by atoms with Gasteiger partial charge in [-0.3, -0.25) is 4.79 Å². The Kier molecular flexibility index (Phi) is 4.98. The Labute approximate surface area is 181 Å². The van der Waals surface area contributed by atoms with Crippen LogP contribution in [-0.4, -0.2) is 36.5 Å². The Morgan fingerprint density at radius 3 is 2.83 bits per heavy atom. The Bertz CT molecular complexity index is 784. The molecule has 1 N–H and O–H groups in total. The molecule has 0 aromatic heterocycles. The van der Waals surface area contributed by atoms with E-state index in [1.165, 1.54) is 38.4 Å². The van der Waals surface area contributed by atoms with E-state index in [1.807, 2.05) is 0 Å². The van der Waals surface area contributed by atoms with Gasteiger partial charge in [0.2, 0.25) is 0 Å². The van der Waals surface area contributed by atoms with Crippen LogP contribution in [0.15, 0.2) is 23.3 Å². The van der Waals surface area contributed by atoms with Gasteiger partial charge < -0.3 is 14.6 Å². The molecule has 4 nitrogen and oxygen atoms in total. The molecule has 4 aliphatic carbocycles. The normalized spacial score (nSPS) is 47.1. The highest BCUT2D eigenvalue weighted by molar-refractivity contribution is 5.68. The van der Waals surface area contributed by atoms with Gasteiger partial charge in [-0.05, 0) is 74.0 Å². The van der Waals surface area contributed by atoms with Gasteiger partial charge in [-0.1, -0.05) is 44.1 Å². The fourth-order valence-corrected chi connectivity index (χ4v) is 8.23. The van der Waals surface area contributed by atoms with E-state index in [4.69, 9.17) is 9.47 Å². The molecule has 4 heteroatoms. The Morgan fingerprint density at radius 1 is 1.27 bits per heavy atom. The van der Waals surface area contributed by atoms with Crippen LogP contribution in [0.4, 0.5) is 0 Å². The highest BCUT2D eigenvalue weighted by Gasteiger charge is 2.66. The minimum absolute atomic E-state index is 0.0611. The van der Waals surface area contributed by atoms with Crippen molar-refractivity contribution in [1.82, 2.24) is 0 Å². The van der Waals surface area contributed by atoms with Gasteiger partial charge in [0.1, 0.15) is 6.10 Å². The van der Waals surface area contributed by atoms with Crippen molar-refractivity contribution in [2.45, 2.75) is 90.4 Å². The second-order valence-corrected chi connectivity index (χ2v) is 11.2. The number of hydrogen-bond donors (Lipinski definition) is 1. The Morgan fingerprint density at radius 2 is 2.07 bits per heavy atom. The monoisotopic (exact) mass is 414 g/mol. The first-order valence-corrected chi connectivity index (χ1v) is 12.1. The molecule has 5 rings (SSSR count). The lowest BCUT2D eigenvalue weighted by atomic mass is 9.50. The van der Waals surface area contributed by atoms with Gasteiger partial charge in [-0.15, -0.1) is 0 Å². The summed E-state index contributed by atoms with van der Waals surface area (Å²) in [5.74, 6) is 2.54. The summed E-state index contributed by atoms with van der Waals surface area (Å²) in [6, 6.07) is 0. The molecule has 0 radical (unpaired) electrons. The van der Waals surface area contributed by atoms with Gasteiger partial charge >= 0.3 is 5.97 Å². The third-order valence-corrected chi connectivity index (χ3v) is 9.96. The van der Waals surface area contributed by atoms with Crippen molar-refractivity contribution in [3.05, 3.63) is 23.3 Å². The average Bonchev–Trinajstić information content (AvgIpc) is 3.46. The number of aliphatic hydroxyl groups excluding tert-OH is 1. The van der Waals surface area contributed by atoms with E-state index in [2.05, 4.69) is 32.9 Å². The number of fused-ring (bicyclic) bond motifs is 7. The maximum Gasteiger partial charge on any atom is 0.305 e. The van der Waals surface area contributed by atoms with Gasteiger partial charge in [-0.2, -0.15) is 0 Å². The lowest BCUT2D eigenvalue weighted by Crippen LogP contribution is -2.49. The van der Waals surface area contributed by atoms with Crippen molar-refractivity contribution in [2.24, 2.45) is 34.5 Å². The maximum atomic E-state index is 11.5. The molecule has 166 valence electrons. The number of esters is 1. The zero-order valence-electron chi connectivity index (χ0n) is 19.0. The fraction of sp³-hybridized carbons (Fsp3) is 0.808. The smallest absolute Gasteiger partial charge is 0.305 e. The third kappa shape index (κ3) is 2.89. The van der Waals surface area contributed by atoms with Crippen molar-refractivity contribution in [1.29, 1.82) is 0 Å². The first-order chi connectivity index (χ1) is 14.3. The van der Waals surface area contributed by atoms with E-state index in [1.54, 1.807) is 5.57 Å². The largest absolute Gasteiger partial charge is 0.469 e. The van der Waals surface area contributed by atoms with E-state index in [-0.39, 0.29) is 29.7 Å². The average molecular weight is 415 g/mol. The van der Waals surface area contributed by atoms with Gasteiger partial charge in [0, 0.05) is 11.8 Å². The van der Waals surface area contributed by atoms with Gasteiger partial charge in [0.05, 0.1) is 19.3 Å². The van der Waals surface area contributed by atoms with Gasteiger partial charge in [0.15, 0.2) is 0 Å².